The standard InChI is InChI=1S/C12H18FNO2S/c1-4-5-6-14-17(15,16)12-9(2)7-11(13)8-10(12)3/h7-8,14H,4-6H2,1-3H3. The lowest BCUT2D eigenvalue weighted by molar-refractivity contribution is 0.575. The molecule has 0 amide bonds. The molecule has 1 aromatic carbocycles. The second-order valence-electron chi connectivity index (χ2n) is 4.12. The van der Waals surface area contributed by atoms with E-state index < -0.39 is 15.8 Å². The smallest absolute Gasteiger partial charge is 0.211 e. The molecule has 0 atom stereocenters. The second-order valence-corrected chi connectivity index (χ2v) is 5.82. The lowest BCUT2D eigenvalue weighted by atomic mass is 10.1. The minimum absolute atomic E-state index is 0.190. The van der Waals surface area contributed by atoms with Crippen molar-refractivity contribution in [1.82, 2.24) is 4.72 Å². The van der Waals surface area contributed by atoms with Crippen LogP contribution in [0.2, 0.25) is 0 Å². The highest BCUT2D eigenvalue weighted by atomic mass is 32.2. The summed E-state index contributed by atoms with van der Waals surface area (Å²) in [6.45, 7) is 5.60. The minimum Gasteiger partial charge on any atom is -0.211 e. The molecule has 1 N–H and O–H groups in total. The number of rotatable bonds is 5. The highest BCUT2D eigenvalue weighted by Gasteiger charge is 2.19. The van der Waals surface area contributed by atoms with Crippen LogP contribution in [0.4, 0.5) is 4.39 Å². The number of hydrogen-bond acceptors (Lipinski definition) is 2. The maximum atomic E-state index is 13.1. The van der Waals surface area contributed by atoms with Crippen LogP contribution in [0.15, 0.2) is 17.0 Å². The first-order valence-corrected chi connectivity index (χ1v) is 7.13. The summed E-state index contributed by atoms with van der Waals surface area (Å²) < 4.78 is 39.7. The summed E-state index contributed by atoms with van der Waals surface area (Å²) in [6.07, 6.45) is 1.71. The molecule has 5 heteroatoms. The Labute approximate surface area is 102 Å². The number of benzene rings is 1. The van der Waals surface area contributed by atoms with E-state index in [1.807, 2.05) is 6.92 Å². The van der Waals surface area contributed by atoms with E-state index >= 15 is 0 Å². The Morgan fingerprint density at radius 1 is 1.24 bits per heavy atom. The van der Waals surface area contributed by atoms with Crippen LogP contribution in [0.3, 0.4) is 0 Å². The van der Waals surface area contributed by atoms with Crippen molar-refractivity contribution < 1.29 is 12.8 Å². The number of sulfonamides is 1. The molecule has 3 nitrogen and oxygen atoms in total. The number of unbranched alkanes of at least 4 members (excludes halogenated alkanes) is 1. The molecule has 0 saturated carbocycles. The van der Waals surface area contributed by atoms with Gasteiger partial charge < -0.3 is 0 Å². The van der Waals surface area contributed by atoms with E-state index in [2.05, 4.69) is 4.72 Å². The summed E-state index contributed by atoms with van der Waals surface area (Å²) in [7, 11) is -3.53. The molecule has 0 aliphatic carbocycles. The number of nitrogens with one attached hydrogen (secondary N) is 1. The summed E-state index contributed by atoms with van der Waals surface area (Å²) in [5, 5.41) is 0. The zero-order valence-corrected chi connectivity index (χ0v) is 11.2. The molecule has 0 bridgehead atoms. The molecule has 1 aromatic rings. The molecule has 0 radical (unpaired) electrons. The molecule has 1 rings (SSSR count). The fourth-order valence-corrected chi connectivity index (χ4v) is 3.30. The van der Waals surface area contributed by atoms with E-state index in [1.165, 1.54) is 12.1 Å². The quantitative estimate of drug-likeness (QED) is 0.826. The van der Waals surface area contributed by atoms with Gasteiger partial charge >= 0.3 is 0 Å². The monoisotopic (exact) mass is 259 g/mol. The summed E-state index contributed by atoms with van der Waals surface area (Å²) in [6, 6.07) is 2.47. The van der Waals surface area contributed by atoms with Gasteiger partial charge in [0.1, 0.15) is 5.82 Å². The lowest BCUT2D eigenvalue weighted by Crippen LogP contribution is -2.26. The van der Waals surface area contributed by atoms with Gasteiger partial charge in [-0.05, 0) is 43.5 Å². The van der Waals surface area contributed by atoms with Crippen molar-refractivity contribution in [2.75, 3.05) is 6.54 Å². The van der Waals surface area contributed by atoms with Gasteiger partial charge in [0.15, 0.2) is 0 Å². The van der Waals surface area contributed by atoms with Gasteiger partial charge in [0.2, 0.25) is 10.0 Å². The Balaban J connectivity index is 3.07. The zero-order chi connectivity index (χ0) is 13.1. The van der Waals surface area contributed by atoms with E-state index in [4.69, 9.17) is 0 Å². The Hall–Kier alpha value is -0.940. The fourth-order valence-electron chi connectivity index (χ4n) is 1.78. The highest BCUT2D eigenvalue weighted by molar-refractivity contribution is 7.89. The Morgan fingerprint density at radius 3 is 2.24 bits per heavy atom. The number of aryl methyl sites for hydroxylation is 2. The Morgan fingerprint density at radius 2 is 1.76 bits per heavy atom. The molecule has 0 fully saturated rings. The minimum atomic E-state index is -3.53. The third kappa shape index (κ3) is 3.51. The lowest BCUT2D eigenvalue weighted by Gasteiger charge is -2.11. The van der Waals surface area contributed by atoms with Crippen LogP contribution in [0, 0.1) is 19.7 Å². The first-order chi connectivity index (χ1) is 7.88. The predicted octanol–water partition coefficient (Wildman–Crippen LogP) is 2.52. The van der Waals surface area contributed by atoms with Gasteiger partial charge in [0, 0.05) is 6.54 Å². The third-order valence-corrected chi connectivity index (χ3v) is 4.28. The molecule has 0 heterocycles. The molecule has 0 saturated heterocycles. The van der Waals surface area contributed by atoms with E-state index in [0.29, 0.717) is 17.7 Å². The molecular formula is C12H18FNO2S. The van der Waals surface area contributed by atoms with Crippen molar-refractivity contribution >= 4 is 10.0 Å². The van der Waals surface area contributed by atoms with Crippen LogP contribution in [0.25, 0.3) is 0 Å². The SMILES string of the molecule is CCCCNS(=O)(=O)c1c(C)cc(F)cc1C. The normalized spacial score (nSPS) is 11.8. The molecule has 17 heavy (non-hydrogen) atoms. The summed E-state index contributed by atoms with van der Waals surface area (Å²) >= 11 is 0. The molecule has 0 aromatic heterocycles. The predicted molar refractivity (Wildman–Crippen MR) is 66.0 cm³/mol. The van der Waals surface area contributed by atoms with Crippen LogP contribution in [-0.2, 0) is 10.0 Å². The van der Waals surface area contributed by atoms with Crippen LogP contribution < -0.4 is 4.72 Å². The number of halogens is 1. The van der Waals surface area contributed by atoms with Gasteiger partial charge in [0.25, 0.3) is 0 Å². The average Bonchev–Trinajstić information content (AvgIpc) is 2.15. The first-order valence-electron chi connectivity index (χ1n) is 5.65. The summed E-state index contributed by atoms with van der Waals surface area (Å²) in [5.74, 6) is -0.410. The molecule has 0 aliphatic heterocycles. The zero-order valence-electron chi connectivity index (χ0n) is 10.4. The van der Waals surface area contributed by atoms with Crippen molar-refractivity contribution in [1.29, 1.82) is 0 Å². The van der Waals surface area contributed by atoms with Crippen LogP contribution in [0.5, 0.6) is 0 Å². The fraction of sp³-hybridized carbons (Fsp3) is 0.500. The van der Waals surface area contributed by atoms with Crippen LogP contribution in [0.1, 0.15) is 30.9 Å². The average molecular weight is 259 g/mol. The van der Waals surface area contributed by atoms with Crippen molar-refractivity contribution in [2.24, 2.45) is 0 Å². The number of hydrogen-bond donors (Lipinski definition) is 1. The van der Waals surface area contributed by atoms with Crippen molar-refractivity contribution in [3.8, 4) is 0 Å². The van der Waals surface area contributed by atoms with Gasteiger partial charge in [-0.25, -0.2) is 17.5 Å². The highest BCUT2D eigenvalue weighted by Crippen LogP contribution is 2.21. The molecular weight excluding hydrogens is 241 g/mol. The summed E-state index contributed by atoms with van der Waals surface area (Å²) in [5.41, 5.74) is 0.873. The van der Waals surface area contributed by atoms with E-state index in [1.54, 1.807) is 13.8 Å². The molecule has 0 aliphatic rings. The van der Waals surface area contributed by atoms with Crippen molar-refractivity contribution in [3.63, 3.8) is 0 Å². The van der Waals surface area contributed by atoms with Crippen molar-refractivity contribution in [2.45, 2.75) is 38.5 Å². The second kappa shape index (κ2) is 5.60. The van der Waals surface area contributed by atoms with Gasteiger partial charge in [-0.15, -0.1) is 0 Å². The maximum absolute atomic E-state index is 13.1. The van der Waals surface area contributed by atoms with Gasteiger partial charge in [-0.2, -0.15) is 0 Å². The van der Waals surface area contributed by atoms with Crippen molar-refractivity contribution in [3.05, 3.63) is 29.1 Å². The van der Waals surface area contributed by atoms with E-state index in [9.17, 15) is 12.8 Å². The maximum Gasteiger partial charge on any atom is 0.241 e. The van der Waals surface area contributed by atoms with Crippen LogP contribution >= 0.6 is 0 Å². The third-order valence-electron chi connectivity index (χ3n) is 2.52. The summed E-state index contributed by atoms with van der Waals surface area (Å²) in [4.78, 5) is 0.190. The Kier molecular flexibility index (Phi) is 4.65. The van der Waals surface area contributed by atoms with E-state index in [0.717, 1.165) is 12.8 Å². The topological polar surface area (TPSA) is 46.2 Å². The van der Waals surface area contributed by atoms with Gasteiger partial charge in [-0.3, -0.25) is 0 Å². The molecule has 0 spiro atoms. The first kappa shape index (κ1) is 14.1. The Bertz CT molecular complexity index is 474. The molecule has 96 valence electrons. The van der Waals surface area contributed by atoms with Crippen LogP contribution in [-0.4, -0.2) is 15.0 Å². The van der Waals surface area contributed by atoms with Gasteiger partial charge in [-0.1, -0.05) is 13.3 Å². The molecule has 0 unspecified atom stereocenters. The van der Waals surface area contributed by atoms with E-state index in [-0.39, 0.29) is 4.90 Å². The largest absolute Gasteiger partial charge is 0.241 e. The van der Waals surface area contributed by atoms with Gasteiger partial charge in [0.05, 0.1) is 4.90 Å².